The lowest BCUT2D eigenvalue weighted by Gasteiger charge is -2.03. The van der Waals surface area contributed by atoms with E-state index in [1.165, 1.54) is 6.07 Å². The van der Waals surface area contributed by atoms with Crippen molar-refractivity contribution in [3.8, 4) is 0 Å². The van der Waals surface area contributed by atoms with Gasteiger partial charge in [0.05, 0.1) is 17.0 Å². The molecule has 0 fully saturated rings. The summed E-state index contributed by atoms with van der Waals surface area (Å²) in [7, 11) is 0. The van der Waals surface area contributed by atoms with Crippen molar-refractivity contribution in [2.75, 3.05) is 5.32 Å². The highest BCUT2D eigenvalue weighted by Crippen LogP contribution is 2.21. The summed E-state index contributed by atoms with van der Waals surface area (Å²) in [5.41, 5.74) is 1.27. The normalized spacial score (nSPS) is 10.5. The van der Waals surface area contributed by atoms with E-state index in [0.717, 1.165) is 5.56 Å². The van der Waals surface area contributed by atoms with E-state index < -0.39 is 5.91 Å². The van der Waals surface area contributed by atoms with Crippen LogP contribution in [0.4, 0.5) is 6.01 Å². The fourth-order valence-electron chi connectivity index (χ4n) is 1.98. The number of halogens is 2. The average Bonchev–Trinajstić information content (AvgIpc) is 2.97. The summed E-state index contributed by atoms with van der Waals surface area (Å²) in [6, 6.07) is 14.3. The van der Waals surface area contributed by atoms with E-state index in [4.69, 9.17) is 27.6 Å². The molecule has 1 heterocycles. The molecule has 3 rings (SSSR count). The number of carbonyl (C=O) groups excluding carboxylic acids is 1. The van der Waals surface area contributed by atoms with Gasteiger partial charge in [-0.25, -0.2) is 0 Å². The smallest absolute Gasteiger partial charge is 0.322 e. The molecule has 1 amide bonds. The molecule has 2 aromatic carbocycles. The first-order chi connectivity index (χ1) is 11.1. The van der Waals surface area contributed by atoms with Crippen LogP contribution in [0.2, 0.25) is 10.0 Å². The second-order valence-corrected chi connectivity index (χ2v) is 5.59. The second-order valence-electron chi connectivity index (χ2n) is 4.74. The van der Waals surface area contributed by atoms with Gasteiger partial charge in [-0.1, -0.05) is 58.6 Å². The molecular formula is C16H11Cl2N3O2. The number of nitrogens with one attached hydrogen (secondary N) is 1. The van der Waals surface area contributed by atoms with Gasteiger partial charge in [-0.3, -0.25) is 10.1 Å². The summed E-state index contributed by atoms with van der Waals surface area (Å²) in [6.45, 7) is 0. The van der Waals surface area contributed by atoms with E-state index in [1.807, 2.05) is 30.3 Å². The molecule has 116 valence electrons. The Kier molecular flexibility index (Phi) is 4.60. The van der Waals surface area contributed by atoms with Gasteiger partial charge in [-0.2, -0.15) is 0 Å². The van der Waals surface area contributed by atoms with Gasteiger partial charge >= 0.3 is 6.01 Å². The van der Waals surface area contributed by atoms with Gasteiger partial charge in [0.25, 0.3) is 5.91 Å². The number of nitrogens with zero attached hydrogens (tertiary/aromatic N) is 2. The van der Waals surface area contributed by atoms with E-state index in [0.29, 0.717) is 17.3 Å². The maximum atomic E-state index is 12.2. The van der Waals surface area contributed by atoms with Crippen LogP contribution < -0.4 is 5.32 Å². The fraction of sp³-hybridized carbons (Fsp3) is 0.0625. The van der Waals surface area contributed by atoms with Crippen LogP contribution in [-0.2, 0) is 6.42 Å². The van der Waals surface area contributed by atoms with Crippen molar-refractivity contribution in [3.05, 3.63) is 75.6 Å². The van der Waals surface area contributed by atoms with E-state index in [1.54, 1.807) is 12.1 Å². The van der Waals surface area contributed by atoms with Crippen molar-refractivity contribution < 1.29 is 9.21 Å². The highest BCUT2D eigenvalue weighted by Gasteiger charge is 2.15. The van der Waals surface area contributed by atoms with Gasteiger partial charge in [0.15, 0.2) is 0 Å². The minimum absolute atomic E-state index is 0.0111. The molecular weight excluding hydrogens is 337 g/mol. The van der Waals surface area contributed by atoms with Crippen LogP contribution in [0, 0.1) is 0 Å². The third kappa shape index (κ3) is 3.88. The molecule has 0 saturated heterocycles. The zero-order chi connectivity index (χ0) is 16.2. The lowest BCUT2D eigenvalue weighted by atomic mass is 10.2. The molecule has 0 atom stereocenters. The third-order valence-electron chi connectivity index (χ3n) is 3.06. The maximum absolute atomic E-state index is 12.2. The van der Waals surface area contributed by atoms with Crippen molar-refractivity contribution in [1.82, 2.24) is 10.2 Å². The van der Waals surface area contributed by atoms with Crippen molar-refractivity contribution in [2.24, 2.45) is 0 Å². The molecule has 0 spiro atoms. The number of rotatable bonds is 4. The summed E-state index contributed by atoms with van der Waals surface area (Å²) in [5, 5.41) is 10.9. The molecule has 7 heteroatoms. The minimum atomic E-state index is -0.465. The molecule has 0 unspecified atom stereocenters. The van der Waals surface area contributed by atoms with Crippen LogP contribution >= 0.6 is 23.2 Å². The maximum Gasteiger partial charge on any atom is 0.322 e. The lowest BCUT2D eigenvalue weighted by molar-refractivity contribution is 0.102. The van der Waals surface area contributed by atoms with Crippen LogP contribution in [0.1, 0.15) is 21.8 Å². The van der Waals surface area contributed by atoms with Crippen molar-refractivity contribution in [2.45, 2.75) is 6.42 Å². The summed E-state index contributed by atoms with van der Waals surface area (Å²) in [5.74, 6) is -0.0592. The van der Waals surface area contributed by atoms with E-state index in [2.05, 4.69) is 15.5 Å². The Balaban J connectivity index is 1.71. The third-order valence-corrected chi connectivity index (χ3v) is 3.62. The fourth-order valence-corrected chi connectivity index (χ4v) is 2.36. The molecule has 0 aliphatic heterocycles. The minimum Gasteiger partial charge on any atom is -0.407 e. The summed E-state index contributed by atoms with van der Waals surface area (Å²) < 4.78 is 5.42. The Morgan fingerprint density at radius 1 is 1.09 bits per heavy atom. The van der Waals surface area contributed by atoms with Crippen LogP contribution in [0.3, 0.4) is 0 Å². The molecule has 3 aromatic rings. The van der Waals surface area contributed by atoms with Gasteiger partial charge in [0, 0.05) is 5.02 Å². The van der Waals surface area contributed by atoms with E-state index in [-0.39, 0.29) is 16.6 Å². The molecule has 23 heavy (non-hydrogen) atoms. The number of carbonyl (C=O) groups is 1. The Morgan fingerprint density at radius 2 is 1.87 bits per heavy atom. The number of hydrogen-bond acceptors (Lipinski definition) is 4. The first kappa shape index (κ1) is 15.5. The number of anilines is 1. The van der Waals surface area contributed by atoms with E-state index >= 15 is 0 Å². The zero-order valence-corrected chi connectivity index (χ0v) is 13.3. The summed E-state index contributed by atoms with van der Waals surface area (Å²) in [4.78, 5) is 12.2. The monoisotopic (exact) mass is 347 g/mol. The molecule has 0 radical (unpaired) electrons. The first-order valence-electron chi connectivity index (χ1n) is 6.74. The van der Waals surface area contributed by atoms with Gasteiger partial charge in [-0.05, 0) is 23.8 Å². The molecule has 1 aromatic heterocycles. The van der Waals surface area contributed by atoms with Crippen LogP contribution in [-0.4, -0.2) is 16.1 Å². The lowest BCUT2D eigenvalue weighted by Crippen LogP contribution is -2.12. The number of aromatic nitrogens is 2. The Morgan fingerprint density at radius 3 is 2.65 bits per heavy atom. The van der Waals surface area contributed by atoms with E-state index in [9.17, 15) is 4.79 Å². The van der Waals surface area contributed by atoms with Crippen LogP contribution in [0.5, 0.6) is 0 Å². The predicted molar refractivity (Wildman–Crippen MR) is 88.0 cm³/mol. The number of benzene rings is 2. The predicted octanol–water partition coefficient (Wildman–Crippen LogP) is 4.22. The van der Waals surface area contributed by atoms with Gasteiger partial charge < -0.3 is 4.42 Å². The largest absolute Gasteiger partial charge is 0.407 e. The Hall–Kier alpha value is -2.37. The molecule has 0 aliphatic rings. The summed E-state index contributed by atoms with van der Waals surface area (Å²) >= 11 is 11.9. The molecule has 0 bridgehead atoms. The van der Waals surface area contributed by atoms with Gasteiger partial charge in [0.1, 0.15) is 0 Å². The average molecular weight is 348 g/mol. The molecule has 5 nitrogen and oxygen atoms in total. The second kappa shape index (κ2) is 6.81. The topological polar surface area (TPSA) is 68.0 Å². The quantitative estimate of drug-likeness (QED) is 0.767. The summed E-state index contributed by atoms with van der Waals surface area (Å²) in [6.07, 6.45) is 0.488. The SMILES string of the molecule is O=C(Nc1nnc(Cc2ccccc2)o1)c1cc(Cl)ccc1Cl. The number of hydrogen-bond donors (Lipinski definition) is 1. The van der Waals surface area contributed by atoms with Crippen LogP contribution in [0.25, 0.3) is 0 Å². The van der Waals surface area contributed by atoms with Crippen LogP contribution in [0.15, 0.2) is 52.9 Å². The van der Waals surface area contributed by atoms with Crippen molar-refractivity contribution >= 4 is 35.1 Å². The van der Waals surface area contributed by atoms with Crippen molar-refractivity contribution in [3.63, 3.8) is 0 Å². The molecule has 0 aliphatic carbocycles. The van der Waals surface area contributed by atoms with Gasteiger partial charge in [-0.15, -0.1) is 5.10 Å². The standard InChI is InChI=1S/C16H11Cl2N3O2/c17-11-6-7-13(18)12(9-11)15(22)19-16-21-20-14(23-16)8-10-4-2-1-3-5-10/h1-7,9H,8H2,(H,19,21,22). The number of amides is 1. The highest BCUT2D eigenvalue weighted by molar-refractivity contribution is 6.36. The highest BCUT2D eigenvalue weighted by atomic mass is 35.5. The first-order valence-corrected chi connectivity index (χ1v) is 7.50. The zero-order valence-electron chi connectivity index (χ0n) is 11.8. The molecule has 1 N–H and O–H groups in total. The Bertz CT molecular complexity index is 834. The Labute approximate surface area is 142 Å². The van der Waals surface area contributed by atoms with Gasteiger partial charge in [0.2, 0.25) is 5.89 Å². The molecule has 0 saturated carbocycles. The van der Waals surface area contributed by atoms with Crippen molar-refractivity contribution in [1.29, 1.82) is 0 Å².